The summed E-state index contributed by atoms with van der Waals surface area (Å²) in [6, 6.07) is 0. The van der Waals surface area contributed by atoms with E-state index in [1.54, 1.807) is 0 Å². The van der Waals surface area contributed by atoms with E-state index < -0.39 is 11.9 Å². The first-order chi connectivity index (χ1) is 7.63. The molecule has 0 rings (SSSR count). The molecule has 0 saturated carbocycles. The van der Waals surface area contributed by atoms with Crippen molar-refractivity contribution in [3.63, 3.8) is 0 Å². The lowest BCUT2D eigenvalue weighted by Gasteiger charge is -1.94. The van der Waals surface area contributed by atoms with E-state index in [2.05, 4.69) is 11.8 Å². The fourth-order valence-electron chi connectivity index (χ4n) is 1.06. The second kappa shape index (κ2) is 9.61. The van der Waals surface area contributed by atoms with Crippen LogP contribution in [0.4, 0.5) is 0 Å². The van der Waals surface area contributed by atoms with Gasteiger partial charge in [0, 0.05) is 24.7 Å². The number of carboxylic acid groups (broad SMARTS) is 2. The Bertz CT molecular complexity index is 313. The van der Waals surface area contributed by atoms with Crippen LogP contribution < -0.4 is 0 Å². The second-order valence-corrected chi connectivity index (χ2v) is 3.13. The highest BCUT2D eigenvalue weighted by atomic mass is 16.4. The zero-order valence-corrected chi connectivity index (χ0v) is 8.95. The number of hydrogen-bond acceptors (Lipinski definition) is 2. The Morgan fingerprint density at radius 1 is 0.750 bits per heavy atom. The van der Waals surface area contributed by atoms with Gasteiger partial charge in [-0.05, 0) is 12.8 Å². The van der Waals surface area contributed by atoms with Gasteiger partial charge >= 0.3 is 11.9 Å². The maximum Gasteiger partial charge on any atom is 0.381 e. The van der Waals surface area contributed by atoms with Crippen LogP contribution in [0, 0.1) is 23.7 Å². The lowest BCUT2D eigenvalue weighted by molar-refractivity contribution is -0.131. The summed E-state index contributed by atoms with van der Waals surface area (Å²) >= 11 is 0. The minimum Gasteiger partial charge on any atom is -0.472 e. The van der Waals surface area contributed by atoms with Crippen molar-refractivity contribution in [3.8, 4) is 23.7 Å². The largest absolute Gasteiger partial charge is 0.472 e. The van der Waals surface area contributed by atoms with Crippen molar-refractivity contribution in [1.82, 2.24) is 0 Å². The molecule has 0 saturated heterocycles. The summed E-state index contributed by atoms with van der Waals surface area (Å²) in [5.41, 5.74) is 0. The standard InChI is InChI=1S/C12H14O4/c13-11(14)9-7-5-3-1-2-4-6-8-10-12(15)16/h1-6H2,(H,13,14)(H,15,16). The highest BCUT2D eigenvalue weighted by Crippen LogP contribution is 2.03. The molecule has 0 aliphatic heterocycles. The Hall–Kier alpha value is -1.94. The zero-order chi connectivity index (χ0) is 12.2. The summed E-state index contributed by atoms with van der Waals surface area (Å²) in [6.45, 7) is 0. The molecule has 4 nitrogen and oxygen atoms in total. The number of unbranched alkanes of at least 4 members (excludes halogenated alkanes) is 5. The summed E-state index contributed by atoms with van der Waals surface area (Å²) in [5.74, 6) is 7.00. The zero-order valence-electron chi connectivity index (χ0n) is 8.95. The monoisotopic (exact) mass is 222 g/mol. The number of carboxylic acids is 2. The molecule has 0 aromatic rings. The third kappa shape index (κ3) is 12.1. The number of carbonyl (C=O) groups is 2. The van der Waals surface area contributed by atoms with E-state index in [4.69, 9.17) is 10.2 Å². The Morgan fingerprint density at radius 2 is 1.12 bits per heavy atom. The van der Waals surface area contributed by atoms with E-state index in [-0.39, 0.29) is 0 Å². The molecule has 0 spiro atoms. The Balaban J connectivity index is 3.30. The molecule has 0 atom stereocenters. The number of hydrogen-bond donors (Lipinski definition) is 2. The second-order valence-electron chi connectivity index (χ2n) is 3.13. The summed E-state index contributed by atoms with van der Waals surface area (Å²) in [4.78, 5) is 20.0. The van der Waals surface area contributed by atoms with Gasteiger partial charge in [-0.2, -0.15) is 0 Å². The first-order valence-electron chi connectivity index (χ1n) is 5.06. The van der Waals surface area contributed by atoms with Gasteiger partial charge in [-0.3, -0.25) is 0 Å². The van der Waals surface area contributed by atoms with E-state index in [0.717, 1.165) is 25.7 Å². The lowest BCUT2D eigenvalue weighted by atomic mass is 10.1. The average molecular weight is 222 g/mol. The van der Waals surface area contributed by atoms with Crippen LogP contribution in [0.2, 0.25) is 0 Å². The van der Waals surface area contributed by atoms with Gasteiger partial charge in [0.2, 0.25) is 0 Å². The Labute approximate surface area is 94.7 Å². The van der Waals surface area contributed by atoms with Gasteiger partial charge in [-0.1, -0.05) is 24.7 Å². The molecule has 0 amide bonds. The fraction of sp³-hybridized carbons (Fsp3) is 0.500. The summed E-state index contributed by atoms with van der Waals surface area (Å²) < 4.78 is 0. The first-order valence-corrected chi connectivity index (χ1v) is 5.06. The molecule has 0 aromatic heterocycles. The molecule has 0 aliphatic rings. The molecule has 86 valence electrons. The molecular weight excluding hydrogens is 208 g/mol. The van der Waals surface area contributed by atoms with E-state index >= 15 is 0 Å². The number of rotatable bonds is 5. The van der Waals surface area contributed by atoms with Gasteiger partial charge in [-0.25, -0.2) is 9.59 Å². The van der Waals surface area contributed by atoms with Crippen LogP contribution in [-0.2, 0) is 9.59 Å². The molecule has 0 fully saturated rings. The van der Waals surface area contributed by atoms with Gasteiger partial charge in [-0.15, -0.1) is 0 Å². The van der Waals surface area contributed by atoms with Crippen molar-refractivity contribution in [2.24, 2.45) is 0 Å². The van der Waals surface area contributed by atoms with Gasteiger partial charge in [0.1, 0.15) is 0 Å². The van der Waals surface area contributed by atoms with Crippen LogP contribution >= 0.6 is 0 Å². The smallest absolute Gasteiger partial charge is 0.381 e. The molecule has 0 bridgehead atoms. The van der Waals surface area contributed by atoms with Crippen LogP contribution in [-0.4, -0.2) is 22.2 Å². The summed E-state index contributed by atoms with van der Waals surface area (Å²) in [7, 11) is 0. The van der Waals surface area contributed by atoms with Gasteiger partial charge in [0.05, 0.1) is 0 Å². The van der Waals surface area contributed by atoms with Crippen molar-refractivity contribution < 1.29 is 19.8 Å². The highest BCUT2D eigenvalue weighted by molar-refractivity contribution is 5.86. The molecule has 0 aliphatic carbocycles. The van der Waals surface area contributed by atoms with Crippen LogP contribution in [0.3, 0.4) is 0 Å². The van der Waals surface area contributed by atoms with Gasteiger partial charge in [0.25, 0.3) is 0 Å². The Kier molecular flexibility index (Phi) is 8.44. The summed E-state index contributed by atoms with van der Waals surface area (Å²) in [5, 5.41) is 16.4. The maximum absolute atomic E-state index is 10.0. The molecular formula is C12H14O4. The van der Waals surface area contributed by atoms with Crippen molar-refractivity contribution in [2.45, 2.75) is 38.5 Å². The maximum atomic E-state index is 10.0. The van der Waals surface area contributed by atoms with Crippen molar-refractivity contribution in [2.75, 3.05) is 0 Å². The van der Waals surface area contributed by atoms with E-state index in [9.17, 15) is 9.59 Å². The predicted molar refractivity (Wildman–Crippen MR) is 58.5 cm³/mol. The molecule has 0 aromatic carbocycles. The molecule has 0 heterocycles. The molecule has 16 heavy (non-hydrogen) atoms. The van der Waals surface area contributed by atoms with Crippen LogP contribution in [0.25, 0.3) is 0 Å². The van der Waals surface area contributed by atoms with E-state index in [1.165, 1.54) is 0 Å². The predicted octanol–water partition coefficient (Wildman–Crippen LogP) is 1.50. The van der Waals surface area contributed by atoms with Gasteiger partial charge < -0.3 is 10.2 Å². The van der Waals surface area contributed by atoms with Crippen molar-refractivity contribution >= 4 is 11.9 Å². The third-order valence-electron chi connectivity index (χ3n) is 1.74. The molecule has 4 heteroatoms. The fourth-order valence-corrected chi connectivity index (χ4v) is 1.06. The normalized spacial score (nSPS) is 8.25. The van der Waals surface area contributed by atoms with Crippen LogP contribution in [0.15, 0.2) is 0 Å². The third-order valence-corrected chi connectivity index (χ3v) is 1.74. The minimum absolute atomic E-state index is 0.590. The van der Waals surface area contributed by atoms with Crippen molar-refractivity contribution in [3.05, 3.63) is 0 Å². The average Bonchev–Trinajstić information content (AvgIpc) is 2.20. The lowest BCUT2D eigenvalue weighted by Crippen LogP contribution is -1.87. The SMILES string of the molecule is O=C(O)C#CCCCCCCC#CC(=O)O. The number of aliphatic carboxylic acids is 2. The van der Waals surface area contributed by atoms with E-state index in [0.29, 0.717) is 12.8 Å². The van der Waals surface area contributed by atoms with Crippen LogP contribution in [0.5, 0.6) is 0 Å². The van der Waals surface area contributed by atoms with E-state index in [1.807, 2.05) is 11.8 Å². The van der Waals surface area contributed by atoms with Crippen molar-refractivity contribution in [1.29, 1.82) is 0 Å². The van der Waals surface area contributed by atoms with Gasteiger partial charge in [0.15, 0.2) is 0 Å². The summed E-state index contributed by atoms with van der Waals surface area (Å²) in [6.07, 6.45) is 4.84. The molecule has 2 N–H and O–H groups in total. The minimum atomic E-state index is -1.09. The topological polar surface area (TPSA) is 74.6 Å². The molecule has 0 radical (unpaired) electrons. The molecule has 0 unspecified atom stereocenters. The quantitative estimate of drug-likeness (QED) is 0.546. The Morgan fingerprint density at radius 3 is 1.44 bits per heavy atom. The highest BCUT2D eigenvalue weighted by Gasteiger charge is 1.89. The van der Waals surface area contributed by atoms with Crippen LogP contribution in [0.1, 0.15) is 38.5 Å². The first kappa shape index (κ1) is 14.1.